The average molecular weight is 677 g/mol. The second kappa shape index (κ2) is 38.5. The summed E-state index contributed by atoms with van der Waals surface area (Å²) in [6.07, 6.45) is 50.0. The highest BCUT2D eigenvalue weighted by atomic mass is 16.4. The van der Waals surface area contributed by atoms with Crippen LogP contribution in [0, 0.1) is 11.8 Å². The highest BCUT2D eigenvalue weighted by molar-refractivity contribution is 5.66. The summed E-state index contributed by atoms with van der Waals surface area (Å²) >= 11 is 0. The molecule has 2 N–H and O–H groups in total. The van der Waals surface area contributed by atoms with E-state index in [1.807, 2.05) is 0 Å². The normalized spacial score (nSPS) is 13.0. The van der Waals surface area contributed by atoms with Crippen molar-refractivity contribution in [3.05, 3.63) is 12.2 Å². The molecule has 2 atom stereocenters. The number of hydrogen-bond acceptors (Lipinski definition) is 2. The van der Waals surface area contributed by atoms with Gasteiger partial charge in [0.2, 0.25) is 0 Å². The monoisotopic (exact) mass is 677 g/mol. The lowest BCUT2D eigenvalue weighted by Crippen LogP contribution is -2.16. The summed E-state index contributed by atoms with van der Waals surface area (Å²) in [6.45, 7) is 4.61. The molecule has 0 heterocycles. The summed E-state index contributed by atoms with van der Waals surface area (Å²) in [5, 5.41) is 17.6. The molecule has 0 amide bonds. The van der Waals surface area contributed by atoms with Crippen molar-refractivity contribution in [3.8, 4) is 0 Å². The summed E-state index contributed by atoms with van der Waals surface area (Å²) in [6, 6.07) is 0. The van der Waals surface area contributed by atoms with E-state index >= 15 is 0 Å². The van der Waals surface area contributed by atoms with Gasteiger partial charge in [-0.1, -0.05) is 206 Å². The van der Waals surface area contributed by atoms with Crippen LogP contribution in [0.25, 0.3) is 0 Å². The van der Waals surface area contributed by atoms with E-state index in [0.717, 1.165) is 37.5 Å². The Hall–Kier alpha value is -1.32. The van der Waals surface area contributed by atoms with Crippen LogP contribution >= 0.6 is 0 Å². The molecular weight excluding hydrogens is 592 g/mol. The summed E-state index contributed by atoms with van der Waals surface area (Å²) in [7, 11) is 0. The Bertz CT molecular complexity index is 702. The molecule has 0 aliphatic rings. The number of carboxylic acid groups (broad SMARTS) is 2. The van der Waals surface area contributed by atoms with Crippen LogP contribution in [-0.4, -0.2) is 22.2 Å². The largest absolute Gasteiger partial charge is 0.481 e. The van der Waals surface area contributed by atoms with Gasteiger partial charge in [0.05, 0.1) is 0 Å². The van der Waals surface area contributed by atoms with Gasteiger partial charge in [0.15, 0.2) is 0 Å². The highest BCUT2D eigenvalue weighted by Gasteiger charge is 2.20. The minimum Gasteiger partial charge on any atom is -0.481 e. The minimum absolute atomic E-state index is 0.329. The van der Waals surface area contributed by atoms with Crippen LogP contribution < -0.4 is 0 Å². The topological polar surface area (TPSA) is 74.6 Å². The van der Waals surface area contributed by atoms with Gasteiger partial charge in [-0.25, -0.2) is 0 Å². The molecule has 0 radical (unpaired) electrons. The molecule has 0 aromatic carbocycles. The van der Waals surface area contributed by atoms with Crippen LogP contribution in [0.5, 0.6) is 0 Å². The van der Waals surface area contributed by atoms with Gasteiger partial charge >= 0.3 is 11.9 Å². The molecule has 4 heteroatoms. The third-order valence-electron chi connectivity index (χ3n) is 10.6. The van der Waals surface area contributed by atoms with Gasteiger partial charge in [0.1, 0.15) is 0 Å². The van der Waals surface area contributed by atoms with Crippen molar-refractivity contribution in [2.24, 2.45) is 11.8 Å². The van der Waals surface area contributed by atoms with Gasteiger partial charge in [-0.05, 0) is 50.4 Å². The zero-order chi connectivity index (χ0) is 35.2. The standard InChI is InChI=1S/C44H84O4/c1-3-5-7-9-18-24-30-36-42(38-32-26-20-15-13-17-22-28-34-40-44(47)48)41(35-29-23-10-8-6-4-2)37-31-25-19-14-11-12-16-21-27-33-39-43(45)46/h18,24,41-42H,3-17,19-23,25-40H2,1-2H3,(H,45,46)(H,47,48)/b24-18-. The Kier molecular flexibility index (Phi) is 37.4. The number of aliphatic carboxylic acids is 2. The number of allylic oxidation sites excluding steroid dienone is 2. The van der Waals surface area contributed by atoms with Gasteiger partial charge < -0.3 is 10.2 Å². The first-order chi connectivity index (χ1) is 23.5. The van der Waals surface area contributed by atoms with Crippen LogP contribution in [0.4, 0.5) is 0 Å². The van der Waals surface area contributed by atoms with E-state index < -0.39 is 11.9 Å². The van der Waals surface area contributed by atoms with Gasteiger partial charge in [-0.3, -0.25) is 9.59 Å². The summed E-state index contributed by atoms with van der Waals surface area (Å²) in [5.74, 6) is 0.477. The first kappa shape index (κ1) is 46.7. The molecule has 0 rings (SSSR count). The van der Waals surface area contributed by atoms with Crippen molar-refractivity contribution in [1.29, 1.82) is 0 Å². The molecule has 0 aliphatic heterocycles. The smallest absolute Gasteiger partial charge is 0.303 e. The number of carbonyl (C=O) groups is 2. The first-order valence-corrected chi connectivity index (χ1v) is 21.6. The second-order valence-electron chi connectivity index (χ2n) is 15.2. The average Bonchev–Trinajstić information content (AvgIpc) is 3.06. The fraction of sp³-hybridized carbons (Fsp3) is 0.909. The molecule has 284 valence electrons. The van der Waals surface area contributed by atoms with Crippen molar-refractivity contribution < 1.29 is 19.8 Å². The van der Waals surface area contributed by atoms with E-state index in [-0.39, 0.29) is 0 Å². The first-order valence-electron chi connectivity index (χ1n) is 21.6. The van der Waals surface area contributed by atoms with E-state index in [9.17, 15) is 9.59 Å². The van der Waals surface area contributed by atoms with Crippen molar-refractivity contribution in [3.63, 3.8) is 0 Å². The minimum atomic E-state index is -0.656. The number of hydrogen-bond donors (Lipinski definition) is 2. The van der Waals surface area contributed by atoms with Crippen LogP contribution in [0.3, 0.4) is 0 Å². The third kappa shape index (κ3) is 36.0. The van der Waals surface area contributed by atoms with E-state index in [2.05, 4.69) is 26.0 Å². The van der Waals surface area contributed by atoms with E-state index in [1.54, 1.807) is 0 Å². The summed E-state index contributed by atoms with van der Waals surface area (Å²) in [5.41, 5.74) is 0. The molecular formula is C44H84O4. The van der Waals surface area contributed by atoms with Gasteiger partial charge in [-0.2, -0.15) is 0 Å². The zero-order valence-electron chi connectivity index (χ0n) is 32.5. The lowest BCUT2D eigenvalue weighted by atomic mass is 9.78. The van der Waals surface area contributed by atoms with Crippen molar-refractivity contribution in [1.82, 2.24) is 0 Å². The Morgan fingerprint density at radius 3 is 1.04 bits per heavy atom. The molecule has 48 heavy (non-hydrogen) atoms. The predicted octanol–water partition coefficient (Wildman–Crippen LogP) is 15.0. The molecule has 0 saturated heterocycles. The van der Waals surface area contributed by atoms with E-state index in [1.165, 1.54) is 193 Å². The highest BCUT2D eigenvalue weighted by Crippen LogP contribution is 2.33. The van der Waals surface area contributed by atoms with Crippen molar-refractivity contribution in [2.75, 3.05) is 0 Å². The summed E-state index contributed by atoms with van der Waals surface area (Å²) < 4.78 is 0. The predicted molar refractivity (Wildman–Crippen MR) is 209 cm³/mol. The zero-order valence-corrected chi connectivity index (χ0v) is 32.5. The van der Waals surface area contributed by atoms with Gasteiger partial charge in [0, 0.05) is 12.8 Å². The second-order valence-corrected chi connectivity index (χ2v) is 15.2. The third-order valence-corrected chi connectivity index (χ3v) is 10.6. The molecule has 0 spiro atoms. The number of carboxylic acids is 2. The van der Waals surface area contributed by atoms with E-state index in [4.69, 9.17) is 10.2 Å². The maximum atomic E-state index is 10.7. The molecule has 0 aromatic rings. The van der Waals surface area contributed by atoms with E-state index in [0.29, 0.717) is 12.8 Å². The van der Waals surface area contributed by atoms with Crippen LogP contribution in [0.15, 0.2) is 12.2 Å². The SMILES string of the molecule is CCCCC/C=C\CCC(CCCCCCCCCCCC(=O)O)C(CCCCCCCC)CCCCCCCCCCCCC(=O)O. The van der Waals surface area contributed by atoms with Gasteiger partial charge in [-0.15, -0.1) is 0 Å². The molecule has 0 aliphatic carbocycles. The quantitative estimate of drug-likeness (QED) is 0.0500. The Morgan fingerprint density at radius 1 is 0.375 bits per heavy atom. The lowest BCUT2D eigenvalue weighted by Gasteiger charge is -2.28. The lowest BCUT2D eigenvalue weighted by molar-refractivity contribution is -0.138. The molecule has 4 nitrogen and oxygen atoms in total. The van der Waals surface area contributed by atoms with Crippen molar-refractivity contribution >= 4 is 11.9 Å². The fourth-order valence-corrected chi connectivity index (χ4v) is 7.49. The Morgan fingerprint density at radius 2 is 0.667 bits per heavy atom. The van der Waals surface area contributed by atoms with Crippen molar-refractivity contribution in [2.45, 2.75) is 245 Å². The van der Waals surface area contributed by atoms with Gasteiger partial charge in [0.25, 0.3) is 0 Å². The fourth-order valence-electron chi connectivity index (χ4n) is 7.49. The van der Waals surface area contributed by atoms with Crippen LogP contribution in [-0.2, 0) is 9.59 Å². The Labute approximate surface area is 300 Å². The number of unbranched alkanes of at least 4 members (excludes halogenated alkanes) is 25. The molecule has 0 fully saturated rings. The Balaban J connectivity index is 4.70. The molecule has 2 unspecified atom stereocenters. The molecule has 0 saturated carbocycles. The maximum absolute atomic E-state index is 10.7. The van der Waals surface area contributed by atoms with Crippen LogP contribution in [0.1, 0.15) is 245 Å². The molecule has 0 bridgehead atoms. The van der Waals surface area contributed by atoms with Crippen LogP contribution in [0.2, 0.25) is 0 Å². The molecule has 0 aromatic heterocycles. The summed E-state index contributed by atoms with van der Waals surface area (Å²) in [4.78, 5) is 21.3. The maximum Gasteiger partial charge on any atom is 0.303 e. The number of rotatable bonds is 40.